The van der Waals surface area contributed by atoms with Gasteiger partial charge in [-0.15, -0.1) is 0 Å². The number of nitrogen functional groups attached to an aromatic ring is 1. The van der Waals surface area contributed by atoms with Crippen LogP contribution in [-0.4, -0.2) is 6.61 Å². The molecule has 2 aromatic rings. The fourth-order valence-corrected chi connectivity index (χ4v) is 2.08. The molecule has 3 rings (SSSR count). The number of nitrogens with two attached hydrogens (primary N) is 1. The predicted octanol–water partition coefficient (Wildman–Crippen LogP) is 2.81. The monoisotopic (exact) mass is 226 g/mol. The third-order valence-corrected chi connectivity index (χ3v) is 2.98. The largest absolute Gasteiger partial charge is 0.489 e. The van der Waals surface area contributed by atoms with Gasteiger partial charge < -0.3 is 15.8 Å². The van der Waals surface area contributed by atoms with Crippen LogP contribution in [0.15, 0.2) is 48.5 Å². The maximum Gasteiger partial charge on any atom is 0.144 e. The predicted molar refractivity (Wildman–Crippen MR) is 69.2 cm³/mol. The van der Waals surface area contributed by atoms with E-state index in [4.69, 9.17) is 10.5 Å². The third kappa shape index (κ3) is 1.80. The van der Waals surface area contributed by atoms with Crippen LogP contribution in [0.4, 0.5) is 11.4 Å². The number of ether oxygens (including phenoxy) is 1. The maximum absolute atomic E-state index is 5.94. The van der Waals surface area contributed by atoms with Crippen LogP contribution in [0.5, 0.6) is 5.75 Å². The summed E-state index contributed by atoms with van der Waals surface area (Å²) in [5.74, 6) is 0.831. The molecule has 1 atom stereocenters. The lowest BCUT2D eigenvalue weighted by molar-refractivity contribution is 0.287. The zero-order valence-corrected chi connectivity index (χ0v) is 9.39. The molecule has 0 bridgehead atoms. The molecule has 3 nitrogen and oxygen atoms in total. The molecule has 0 amide bonds. The van der Waals surface area contributed by atoms with Gasteiger partial charge in [-0.2, -0.15) is 0 Å². The average Bonchev–Trinajstić information content (AvgIpc) is 2.40. The molecule has 3 heteroatoms. The summed E-state index contributed by atoms with van der Waals surface area (Å²) < 4.78 is 5.73. The minimum Gasteiger partial charge on any atom is -0.489 e. The molecule has 1 heterocycles. The van der Waals surface area contributed by atoms with Crippen molar-refractivity contribution >= 4 is 11.4 Å². The molecule has 86 valence electrons. The molecular formula is C14H14N2O. The van der Waals surface area contributed by atoms with E-state index in [-0.39, 0.29) is 6.04 Å². The molecule has 0 radical (unpaired) electrons. The van der Waals surface area contributed by atoms with Gasteiger partial charge in [-0.25, -0.2) is 0 Å². The number of benzene rings is 2. The van der Waals surface area contributed by atoms with Crippen LogP contribution in [0, 0.1) is 0 Å². The highest BCUT2D eigenvalue weighted by Crippen LogP contribution is 2.37. The lowest BCUT2D eigenvalue weighted by atomic mass is 10.1. The number of rotatable bonds is 1. The van der Waals surface area contributed by atoms with Crippen LogP contribution in [0.25, 0.3) is 0 Å². The molecule has 1 unspecified atom stereocenters. The van der Waals surface area contributed by atoms with Crippen molar-refractivity contribution in [2.24, 2.45) is 0 Å². The molecule has 0 aromatic heterocycles. The minimum atomic E-state index is 0.161. The lowest BCUT2D eigenvalue weighted by Crippen LogP contribution is -2.24. The number of nitrogens with one attached hydrogen (secondary N) is 1. The fourth-order valence-electron chi connectivity index (χ4n) is 2.08. The van der Waals surface area contributed by atoms with Gasteiger partial charge in [0.05, 0.1) is 11.7 Å². The SMILES string of the molecule is Nc1cccc2c1NC(c1ccccc1)CO2. The zero-order chi connectivity index (χ0) is 11.7. The molecular weight excluding hydrogens is 212 g/mol. The van der Waals surface area contributed by atoms with Gasteiger partial charge in [-0.05, 0) is 17.7 Å². The first-order chi connectivity index (χ1) is 8.34. The first-order valence-corrected chi connectivity index (χ1v) is 5.67. The molecule has 3 N–H and O–H groups in total. The Bertz CT molecular complexity index is 525. The highest BCUT2D eigenvalue weighted by Gasteiger charge is 2.21. The van der Waals surface area contributed by atoms with Crippen molar-refractivity contribution in [2.75, 3.05) is 17.7 Å². The van der Waals surface area contributed by atoms with Crippen molar-refractivity contribution in [3.8, 4) is 5.75 Å². The van der Waals surface area contributed by atoms with Gasteiger partial charge in [0.1, 0.15) is 18.0 Å². The average molecular weight is 226 g/mol. The Morgan fingerprint density at radius 2 is 1.88 bits per heavy atom. The first kappa shape index (κ1) is 10.0. The highest BCUT2D eigenvalue weighted by atomic mass is 16.5. The Morgan fingerprint density at radius 3 is 2.71 bits per heavy atom. The van der Waals surface area contributed by atoms with E-state index < -0.39 is 0 Å². The number of hydrogen-bond donors (Lipinski definition) is 2. The van der Waals surface area contributed by atoms with E-state index in [0.717, 1.165) is 17.1 Å². The molecule has 0 saturated carbocycles. The Hall–Kier alpha value is -2.16. The molecule has 1 aliphatic rings. The van der Waals surface area contributed by atoms with Crippen LogP contribution in [0.1, 0.15) is 11.6 Å². The van der Waals surface area contributed by atoms with Gasteiger partial charge in [-0.3, -0.25) is 0 Å². The van der Waals surface area contributed by atoms with Gasteiger partial charge >= 0.3 is 0 Å². The standard InChI is InChI=1S/C14H14N2O/c15-11-7-4-8-13-14(11)16-12(9-17-13)10-5-2-1-3-6-10/h1-8,12,16H,9,15H2. The van der Waals surface area contributed by atoms with Crippen molar-refractivity contribution < 1.29 is 4.74 Å². The second-order valence-electron chi connectivity index (χ2n) is 4.14. The van der Waals surface area contributed by atoms with Crippen molar-refractivity contribution in [1.29, 1.82) is 0 Å². The molecule has 1 aliphatic heterocycles. The Kier molecular flexibility index (Phi) is 2.37. The van der Waals surface area contributed by atoms with E-state index in [1.54, 1.807) is 0 Å². The maximum atomic E-state index is 5.94. The summed E-state index contributed by atoms with van der Waals surface area (Å²) in [5.41, 5.74) is 8.77. The van der Waals surface area contributed by atoms with Gasteiger partial charge in [0.15, 0.2) is 0 Å². The second-order valence-corrected chi connectivity index (χ2v) is 4.14. The molecule has 0 saturated heterocycles. The third-order valence-electron chi connectivity index (χ3n) is 2.98. The van der Waals surface area contributed by atoms with Crippen molar-refractivity contribution in [3.05, 3.63) is 54.1 Å². The van der Waals surface area contributed by atoms with Crippen LogP contribution < -0.4 is 15.8 Å². The summed E-state index contributed by atoms with van der Waals surface area (Å²) in [4.78, 5) is 0. The first-order valence-electron chi connectivity index (χ1n) is 5.67. The van der Waals surface area contributed by atoms with Crippen molar-refractivity contribution in [1.82, 2.24) is 0 Å². The van der Waals surface area contributed by atoms with Crippen LogP contribution in [0.3, 0.4) is 0 Å². The van der Waals surface area contributed by atoms with Crippen molar-refractivity contribution in [3.63, 3.8) is 0 Å². The summed E-state index contributed by atoms with van der Waals surface area (Å²) in [5, 5.41) is 3.43. The van der Waals surface area contributed by atoms with Crippen molar-refractivity contribution in [2.45, 2.75) is 6.04 Å². The Labute approximate surface area is 100 Å². The van der Waals surface area contributed by atoms with E-state index in [1.165, 1.54) is 5.56 Å². The smallest absolute Gasteiger partial charge is 0.144 e. The molecule has 0 fully saturated rings. The van der Waals surface area contributed by atoms with E-state index in [2.05, 4.69) is 17.4 Å². The highest BCUT2D eigenvalue weighted by molar-refractivity contribution is 5.74. The van der Waals surface area contributed by atoms with Gasteiger partial charge in [-0.1, -0.05) is 36.4 Å². The molecule has 17 heavy (non-hydrogen) atoms. The second kappa shape index (κ2) is 4.01. The van der Waals surface area contributed by atoms with Gasteiger partial charge in [0.2, 0.25) is 0 Å². The normalized spacial score (nSPS) is 17.8. The number of para-hydroxylation sites is 1. The summed E-state index contributed by atoms with van der Waals surface area (Å²) in [6.45, 7) is 0.625. The summed E-state index contributed by atoms with van der Waals surface area (Å²) in [7, 11) is 0. The molecule has 2 aromatic carbocycles. The Balaban J connectivity index is 1.93. The minimum absolute atomic E-state index is 0.161. The molecule has 0 spiro atoms. The number of hydrogen-bond acceptors (Lipinski definition) is 3. The van der Waals surface area contributed by atoms with Crippen LogP contribution in [-0.2, 0) is 0 Å². The summed E-state index contributed by atoms with van der Waals surface area (Å²) in [6.07, 6.45) is 0. The van der Waals surface area contributed by atoms with E-state index in [1.807, 2.05) is 36.4 Å². The van der Waals surface area contributed by atoms with Crippen LogP contribution in [0.2, 0.25) is 0 Å². The summed E-state index contributed by atoms with van der Waals surface area (Å²) in [6, 6.07) is 16.1. The fraction of sp³-hybridized carbons (Fsp3) is 0.143. The number of fused-ring (bicyclic) bond motifs is 1. The van der Waals surface area contributed by atoms with Crippen LogP contribution >= 0.6 is 0 Å². The van der Waals surface area contributed by atoms with Gasteiger partial charge in [0, 0.05) is 0 Å². The zero-order valence-electron chi connectivity index (χ0n) is 9.39. The Morgan fingerprint density at radius 1 is 1.06 bits per heavy atom. The van der Waals surface area contributed by atoms with E-state index in [9.17, 15) is 0 Å². The quantitative estimate of drug-likeness (QED) is 0.735. The lowest BCUT2D eigenvalue weighted by Gasteiger charge is -2.28. The van der Waals surface area contributed by atoms with E-state index >= 15 is 0 Å². The summed E-state index contributed by atoms with van der Waals surface area (Å²) >= 11 is 0. The number of anilines is 2. The molecule has 0 aliphatic carbocycles. The topological polar surface area (TPSA) is 47.3 Å². The van der Waals surface area contributed by atoms with E-state index in [0.29, 0.717) is 6.61 Å². The van der Waals surface area contributed by atoms with Gasteiger partial charge in [0.25, 0.3) is 0 Å².